The molecule has 2 aromatic carbocycles. The van der Waals surface area contributed by atoms with Gasteiger partial charge in [0, 0.05) is 23.2 Å². The van der Waals surface area contributed by atoms with Crippen LogP contribution < -0.4 is 5.32 Å². The molecular weight excluding hydrogens is 349 g/mol. The summed E-state index contributed by atoms with van der Waals surface area (Å²) in [6.45, 7) is 2.83. The molecular formula is C20H20FN3OS. The van der Waals surface area contributed by atoms with Crippen LogP contribution in [0.4, 0.5) is 10.1 Å². The van der Waals surface area contributed by atoms with Gasteiger partial charge < -0.3 is 5.32 Å². The van der Waals surface area contributed by atoms with Crippen LogP contribution in [0, 0.1) is 12.7 Å². The fraction of sp³-hybridized carbons (Fsp3) is 0.200. The van der Waals surface area contributed by atoms with Crippen LogP contribution in [0.2, 0.25) is 0 Å². The molecule has 0 aliphatic heterocycles. The van der Waals surface area contributed by atoms with Crippen molar-refractivity contribution in [2.75, 3.05) is 18.9 Å². The van der Waals surface area contributed by atoms with E-state index in [2.05, 4.69) is 41.5 Å². The standard InChI is InChI=1S/C20H20FN3OS/c1-14-6-8-15(9-7-14)20-23-18(13-26-20)11-24(2)12-19(25)22-17-5-3-4-16(21)10-17/h3-10,13H,11-12H2,1-2H3,(H,22,25). The molecule has 0 saturated heterocycles. The van der Waals surface area contributed by atoms with E-state index in [0.29, 0.717) is 12.2 Å². The third-order valence-electron chi connectivity index (χ3n) is 3.80. The fourth-order valence-electron chi connectivity index (χ4n) is 2.55. The molecule has 3 rings (SSSR count). The van der Waals surface area contributed by atoms with E-state index < -0.39 is 0 Å². The van der Waals surface area contributed by atoms with Crippen molar-refractivity contribution in [3.05, 3.63) is 71.0 Å². The lowest BCUT2D eigenvalue weighted by molar-refractivity contribution is -0.117. The first-order chi connectivity index (χ1) is 12.5. The molecule has 4 nitrogen and oxygen atoms in total. The van der Waals surface area contributed by atoms with Crippen molar-refractivity contribution in [1.29, 1.82) is 0 Å². The van der Waals surface area contributed by atoms with Crippen LogP contribution >= 0.6 is 11.3 Å². The minimum atomic E-state index is -0.373. The normalized spacial score (nSPS) is 10.9. The van der Waals surface area contributed by atoms with Gasteiger partial charge in [-0.25, -0.2) is 9.37 Å². The molecule has 0 bridgehead atoms. The van der Waals surface area contributed by atoms with Crippen molar-refractivity contribution in [2.45, 2.75) is 13.5 Å². The Morgan fingerprint density at radius 2 is 2.00 bits per heavy atom. The molecule has 0 aliphatic rings. The maximum Gasteiger partial charge on any atom is 0.238 e. The van der Waals surface area contributed by atoms with Crippen LogP contribution in [0.15, 0.2) is 53.9 Å². The molecule has 1 amide bonds. The molecule has 134 valence electrons. The molecule has 1 heterocycles. The van der Waals surface area contributed by atoms with Gasteiger partial charge in [0.15, 0.2) is 0 Å². The number of hydrogen-bond donors (Lipinski definition) is 1. The molecule has 0 fully saturated rings. The highest BCUT2D eigenvalue weighted by Gasteiger charge is 2.11. The second-order valence-electron chi connectivity index (χ2n) is 6.24. The number of amides is 1. The molecule has 0 atom stereocenters. The number of hydrogen-bond acceptors (Lipinski definition) is 4. The zero-order valence-corrected chi connectivity index (χ0v) is 15.5. The maximum atomic E-state index is 13.2. The van der Waals surface area contributed by atoms with E-state index in [0.717, 1.165) is 16.3 Å². The van der Waals surface area contributed by atoms with E-state index in [9.17, 15) is 9.18 Å². The minimum Gasteiger partial charge on any atom is -0.325 e. The van der Waals surface area contributed by atoms with Crippen molar-refractivity contribution >= 4 is 22.9 Å². The number of aromatic nitrogens is 1. The quantitative estimate of drug-likeness (QED) is 0.703. The number of nitrogens with one attached hydrogen (secondary N) is 1. The summed E-state index contributed by atoms with van der Waals surface area (Å²) < 4.78 is 13.2. The van der Waals surface area contributed by atoms with Crippen molar-refractivity contribution in [3.8, 4) is 10.6 Å². The summed E-state index contributed by atoms with van der Waals surface area (Å²) in [5.41, 5.74) is 3.69. The predicted octanol–water partition coefficient (Wildman–Crippen LogP) is 4.33. The number of benzene rings is 2. The number of thiazole rings is 1. The number of carbonyl (C=O) groups excluding carboxylic acids is 1. The number of carbonyl (C=O) groups is 1. The van der Waals surface area contributed by atoms with Gasteiger partial charge in [0.05, 0.1) is 12.2 Å². The molecule has 26 heavy (non-hydrogen) atoms. The SMILES string of the molecule is Cc1ccc(-c2nc(CN(C)CC(=O)Nc3cccc(F)c3)cs2)cc1. The Morgan fingerprint density at radius 3 is 2.73 bits per heavy atom. The number of likely N-dealkylation sites (N-methyl/N-ethyl adjacent to an activating group) is 1. The third-order valence-corrected chi connectivity index (χ3v) is 4.74. The highest BCUT2D eigenvalue weighted by atomic mass is 32.1. The molecule has 0 aliphatic carbocycles. The van der Waals surface area contributed by atoms with E-state index in [-0.39, 0.29) is 18.3 Å². The van der Waals surface area contributed by atoms with Crippen LogP contribution in [0.3, 0.4) is 0 Å². The Bertz CT molecular complexity index is 892. The Morgan fingerprint density at radius 1 is 1.23 bits per heavy atom. The van der Waals surface area contributed by atoms with Gasteiger partial charge in [-0.1, -0.05) is 35.9 Å². The van der Waals surface area contributed by atoms with Crippen molar-refractivity contribution in [1.82, 2.24) is 9.88 Å². The second-order valence-corrected chi connectivity index (χ2v) is 7.10. The Kier molecular flexibility index (Phi) is 5.75. The Balaban J connectivity index is 1.55. The first-order valence-corrected chi connectivity index (χ1v) is 9.13. The van der Waals surface area contributed by atoms with Crippen LogP contribution in [0.5, 0.6) is 0 Å². The summed E-state index contributed by atoms with van der Waals surface area (Å²) in [4.78, 5) is 18.6. The molecule has 6 heteroatoms. The summed E-state index contributed by atoms with van der Waals surface area (Å²) in [6, 6.07) is 14.1. The fourth-order valence-corrected chi connectivity index (χ4v) is 3.37. The van der Waals surface area contributed by atoms with E-state index in [1.54, 1.807) is 23.5 Å². The average Bonchev–Trinajstić information content (AvgIpc) is 3.03. The average molecular weight is 369 g/mol. The summed E-state index contributed by atoms with van der Waals surface area (Å²) in [6.07, 6.45) is 0. The second kappa shape index (κ2) is 8.21. The van der Waals surface area contributed by atoms with Crippen LogP contribution in [0.25, 0.3) is 10.6 Å². The Labute approximate surface area is 156 Å². The topological polar surface area (TPSA) is 45.2 Å². The molecule has 0 spiro atoms. The van der Waals surface area contributed by atoms with Gasteiger partial charge in [-0.05, 0) is 32.2 Å². The van der Waals surface area contributed by atoms with Gasteiger partial charge in [0.2, 0.25) is 5.91 Å². The van der Waals surface area contributed by atoms with Gasteiger partial charge in [0.25, 0.3) is 0 Å². The molecule has 1 aromatic heterocycles. The monoisotopic (exact) mass is 369 g/mol. The third kappa shape index (κ3) is 4.97. The minimum absolute atomic E-state index is 0.188. The van der Waals surface area contributed by atoms with Crippen LogP contribution in [-0.2, 0) is 11.3 Å². The highest BCUT2D eigenvalue weighted by molar-refractivity contribution is 7.13. The van der Waals surface area contributed by atoms with Gasteiger partial charge in [-0.15, -0.1) is 11.3 Å². The first kappa shape index (κ1) is 18.2. The maximum absolute atomic E-state index is 13.2. The van der Waals surface area contributed by atoms with Crippen molar-refractivity contribution in [2.24, 2.45) is 0 Å². The van der Waals surface area contributed by atoms with E-state index in [4.69, 9.17) is 0 Å². The first-order valence-electron chi connectivity index (χ1n) is 8.25. The van der Waals surface area contributed by atoms with Crippen LogP contribution in [0.1, 0.15) is 11.3 Å². The van der Waals surface area contributed by atoms with E-state index >= 15 is 0 Å². The smallest absolute Gasteiger partial charge is 0.238 e. The molecule has 3 aromatic rings. The van der Waals surface area contributed by atoms with E-state index in [1.165, 1.54) is 17.7 Å². The summed E-state index contributed by atoms with van der Waals surface area (Å²) in [5.74, 6) is -0.561. The highest BCUT2D eigenvalue weighted by Crippen LogP contribution is 2.24. The Hall–Kier alpha value is -2.57. The van der Waals surface area contributed by atoms with Gasteiger partial charge in [-0.2, -0.15) is 0 Å². The lowest BCUT2D eigenvalue weighted by atomic mass is 10.2. The van der Waals surface area contributed by atoms with Crippen LogP contribution in [-0.4, -0.2) is 29.4 Å². The van der Waals surface area contributed by atoms with Crippen molar-refractivity contribution in [3.63, 3.8) is 0 Å². The summed E-state index contributed by atoms with van der Waals surface area (Å²) >= 11 is 1.59. The van der Waals surface area contributed by atoms with Gasteiger partial charge in [-0.3, -0.25) is 9.69 Å². The predicted molar refractivity (Wildman–Crippen MR) is 104 cm³/mol. The van der Waals surface area contributed by atoms with Gasteiger partial charge >= 0.3 is 0 Å². The number of aryl methyl sites for hydroxylation is 1. The van der Waals surface area contributed by atoms with Crippen molar-refractivity contribution < 1.29 is 9.18 Å². The summed E-state index contributed by atoms with van der Waals surface area (Å²) in [7, 11) is 1.86. The molecule has 0 saturated carbocycles. The zero-order valence-electron chi connectivity index (χ0n) is 14.7. The number of nitrogens with zero attached hydrogens (tertiary/aromatic N) is 2. The lowest BCUT2D eigenvalue weighted by Gasteiger charge is -2.15. The number of halogens is 1. The summed E-state index contributed by atoms with van der Waals surface area (Å²) in [5, 5.41) is 5.68. The largest absolute Gasteiger partial charge is 0.325 e. The molecule has 0 unspecified atom stereocenters. The van der Waals surface area contributed by atoms with E-state index in [1.807, 2.05) is 17.3 Å². The molecule has 1 N–H and O–H groups in total. The number of rotatable bonds is 6. The number of anilines is 1. The molecule has 0 radical (unpaired) electrons. The lowest BCUT2D eigenvalue weighted by Crippen LogP contribution is -2.29. The zero-order chi connectivity index (χ0) is 18.5. The van der Waals surface area contributed by atoms with Gasteiger partial charge in [0.1, 0.15) is 10.8 Å².